The van der Waals surface area contributed by atoms with Gasteiger partial charge in [0, 0.05) is 11.8 Å². The molecular formula is C20H11F6NO3. The summed E-state index contributed by atoms with van der Waals surface area (Å²) in [6.45, 7) is 0. The standard InChI is InChI=1S/C20H11F6NO3/c21-19(22,23)12-7-13(20(24,25)26)9-14(8-12)27-17(28)6-5-11-10-30-16-4-2-1-3-15(16)18(11)29/h1-10H,(H,27,28)/b6-5+. The predicted octanol–water partition coefficient (Wildman–Crippen LogP) is 5.48. The van der Waals surface area contributed by atoms with E-state index in [-0.39, 0.29) is 17.0 Å². The molecule has 0 atom stereocenters. The summed E-state index contributed by atoms with van der Waals surface area (Å²) >= 11 is 0. The minimum Gasteiger partial charge on any atom is -0.463 e. The molecule has 0 fully saturated rings. The molecule has 4 nitrogen and oxygen atoms in total. The Morgan fingerprint density at radius 3 is 2.13 bits per heavy atom. The lowest BCUT2D eigenvalue weighted by Crippen LogP contribution is -2.14. The van der Waals surface area contributed by atoms with Crippen LogP contribution in [0.4, 0.5) is 32.0 Å². The molecule has 0 saturated heterocycles. The number of para-hydroxylation sites is 1. The topological polar surface area (TPSA) is 59.3 Å². The molecule has 0 bridgehead atoms. The fraction of sp³-hybridized carbons (Fsp3) is 0.100. The number of hydrogen-bond acceptors (Lipinski definition) is 3. The van der Waals surface area contributed by atoms with Crippen molar-refractivity contribution < 1.29 is 35.6 Å². The lowest BCUT2D eigenvalue weighted by atomic mass is 10.1. The summed E-state index contributed by atoms with van der Waals surface area (Å²) in [7, 11) is 0. The average molecular weight is 427 g/mol. The molecule has 10 heteroatoms. The molecule has 1 N–H and O–H groups in total. The Kier molecular flexibility index (Phi) is 5.43. The zero-order valence-electron chi connectivity index (χ0n) is 14.8. The summed E-state index contributed by atoms with van der Waals surface area (Å²) < 4.78 is 82.5. The Balaban J connectivity index is 1.87. The van der Waals surface area contributed by atoms with E-state index in [4.69, 9.17) is 4.42 Å². The van der Waals surface area contributed by atoms with Crippen LogP contribution in [0, 0.1) is 0 Å². The zero-order valence-corrected chi connectivity index (χ0v) is 14.8. The number of hydrogen-bond donors (Lipinski definition) is 1. The van der Waals surface area contributed by atoms with Crippen molar-refractivity contribution in [2.45, 2.75) is 12.4 Å². The van der Waals surface area contributed by atoms with E-state index in [1.165, 1.54) is 6.07 Å². The number of alkyl halides is 6. The van der Waals surface area contributed by atoms with Crippen LogP contribution < -0.4 is 10.7 Å². The highest BCUT2D eigenvalue weighted by Gasteiger charge is 2.37. The van der Waals surface area contributed by atoms with Gasteiger partial charge in [-0.25, -0.2) is 0 Å². The maximum absolute atomic E-state index is 12.9. The van der Waals surface area contributed by atoms with Crippen LogP contribution in [0.25, 0.3) is 17.0 Å². The fourth-order valence-electron chi connectivity index (χ4n) is 2.58. The molecule has 0 aliphatic rings. The number of rotatable bonds is 3. The van der Waals surface area contributed by atoms with Gasteiger partial charge in [-0.3, -0.25) is 9.59 Å². The van der Waals surface area contributed by atoms with E-state index in [2.05, 4.69) is 0 Å². The van der Waals surface area contributed by atoms with Crippen LogP contribution in [0.5, 0.6) is 0 Å². The number of benzene rings is 2. The highest BCUT2D eigenvalue weighted by atomic mass is 19.4. The molecule has 1 heterocycles. The first kappa shape index (κ1) is 21.2. The van der Waals surface area contributed by atoms with Crippen LogP contribution in [-0.4, -0.2) is 5.91 Å². The fourth-order valence-corrected chi connectivity index (χ4v) is 2.58. The van der Waals surface area contributed by atoms with E-state index in [1.807, 2.05) is 5.32 Å². The van der Waals surface area contributed by atoms with Gasteiger partial charge in [-0.1, -0.05) is 12.1 Å². The van der Waals surface area contributed by atoms with Gasteiger partial charge in [-0.15, -0.1) is 0 Å². The minimum absolute atomic E-state index is 0.0242. The van der Waals surface area contributed by atoms with Crippen molar-refractivity contribution in [2.75, 3.05) is 5.32 Å². The second-order valence-electron chi connectivity index (χ2n) is 6.13. The monoisotopic (exact) mass is 427 g/mol. The Labute approximate surface area is 164 Å². The summed E-state index contributed by atoms with van der Waals surface area (Å²) in [6.07, 6.45) is -7.15. The zero-order chi connectivity index (χ0) is 22.1. The van der Waals surface area contributed by atoms with Crippen LogP contribution in [0.3, 0.4) is 0 Å². The van der Waals surface area contributed by atoms with Gasteiger partial charge in [0.15, 0.2) is 5.43 Å². The van der Waals surface area contributed by atoms with E-state index in [0.717, 1.165) is 18.4 Å². The molecule has 0 radical (unpaired) electrons. The van der Waals surface area contributed by atoms with Gasteiger partial charge in [0.05, 0.1) is 22.1 Å². The first-order chi connectivity index (χ1) is 13.9. The number of anilines is 1. The summed E-state index contributed by atoms with van der Waals surface area (Å²) in [6, 6.07) is 7.02. The third-order valence-corrected chi connectivity index (χ3v) is 3.98. The Morgan fingerprint density at radius 2 is 1.53 bits per heavy atom. The molecule has 3 rings (SSSR count). The summed E-state index contributed by atoms with van der Waals surface area (Å²) in [4.78, 5) is 24.3. The molecule has 0 saturated carbocycles. The largest absolute Gasteiger partial charge is 0.463 e. The molecule has 0 aliphatic carbocycles. The van der Waals surface area contributed by atoms with Crippen molar-refractivity contribution >= 4 is 28.6 Å². The third kappa shape index (κ3) is 4.70. The Hall–Kier alpha value is -3.56. The van der Waals surface area contributed by atoms with Gasteiger partial charge in [-0.2, -0.15) is 26.3 Å². The first-order valence-electron chi connectivity index (χ1n) is 8.24. The molecule has 0 aliphatic heterocycles. The molecule has 1 aromatic heterocycles. The van der Waals surface area contributed by atoms with Crippen molar-refractivity contribution in [3.63, 3.8) is 0 Å². The van der Waals surface area contributed by atoms with E-state index < -0.39 is 40.5 Å². The second kappa shape index (κ2) is 7.69. The highest BCUT2D eigenvalue weighted by molar-refractivity contribution is 6.02. The first-order valence-corrected chi connectivity index (χ1v) is 8.24. The number of nitrogens with one attached hydrogen (secondary N) is 1. The van der Waals surface area contributed by atoms with Gasteiger partial charge in [0.1, 0.15) is 11.8 Å². The van der Waals surface area contributed by atoms with Crippen LogP contribution in [0.1, 0.15) is 16.7 Å². The number of amides is 1. The van der Waals surface area contributed by atoms with E-state index >= 15 is 0 Å². The van der Waals surface area contributed by atoms with Crippen molar-refractivity contribution in [1.82, 2.24) is 0 Å². The van der Waals surface area contributed by atoms with Crippen LogP contribution >= 0.6 is 0 Å². The SMILES string of the molecule is O=C(/C=C/c1coc2ccccc2c1=O)Nc1cc(C(F)(F)F)cc(C(F)(F)F)c1. The summed E-state index contributed by atoms with van der Waals surface area (Å²) in [5.41, 5.74) is -3.99. The van der Waals surface area contributed by atoms with Gasteiger partial charge in [0.25, 0.3) is 0 Å². The second-order valence-corrected chi connectivity index (χ2v) is 6.13. The van der Waals surface area contributed by atoms with Crippen molar-refractivity contribution in [3.05, 3.63) is 81.7 Å². The van der Waals surface area contributed by atoms with E-state index in [9.17, 15) is 35.9 Å². The van der Waals surface area contributed by atoms with Crippen molar-refractivity contribution in [1.29, 1.82) is 0 Å². The summed E-state index contributed by atoms with van der Waals surface area (Å²) in [5.74, 6) is -1.03. The van der Waals surface area contributed by atoms with Crippen molar-refractivity contribution in [3.8, 4) is 0 Å². The van der Waals surface area contributed by atoms with Gasteiger partial charge in [-0.05, 0) is 36.4 Å². The maximum atomic E-state index is 12.9. The lowest BCUT2D eigenvalue weighted by Gasteiger charge is -2.14. The molecule has 1 amide bonds. The Bertz CT molecular complexity index is 1160. The number of carbonyl (C=O) groups is 1. The molecular weight excluding hydrogens is 416 g/mol. The van der Waals surface area contributed by atoms with Gasteiger partial charge in [0.2, 0.25) is 5.91 Å². The molecule has 30 heavy (non-hydrogen) atoms. The molecule has 0 spiro atoms. The predicted molar refractivity (Wildman–Crippen MR) is 96.6 cm³/mol. The number of halogens is 6. The average Bonchev–Trinajstić information content (AvgIpc) is 2.66. The van der Waals surface area contributed by atoms with Crippen LogP contribution in [-0.2, 0) is 17.1 Å². The van der Waals surface area contributed by atoms with E-state index in [1.54, 1.807) is 18.2 Å². The smallest absolute Gasteiger partial charge is 0.416 e. The van der Waals surface area contributed by atoms with Crippen molar-refractivity contribution in [2.24, 2.45) is 0 Å². The normalized spacial score (nSPS) is 12.5. The number of fused-ring (bicyclic) bond motifs is 1. The Morgan fingerprint density at radius 1 is 0.933 bits per heavy atom. The molecule has 3 aromatic rings. The molecule has 2 aromatic carbocycles. The summed E-state index contributed by atoms with van der Waals surface area (Å²) in [5, 5.41) is 2.18. The van der Waals surface area contributed by atoms with Crippen LogP contribution in [0.2, 0.25) is 0 Å². The molecule has 0 unspecified atom stereocenters. The van der Waals surface area contributed by atoms with Crippen LogP contribution in [0.15, 0.2) is 64.0 Å². The number of carbonyl (C=O) groups excluding carboxylic acids is 1. The van der Waals surface area contributed by atoms with E-state index in [0.29, 0.717) is 17.7 Å². The van der Waals surface area contributed by atoms with Gasteiger partial charge < -0.3 is 9.73 Å². The lowest BCUT2D eigenvalue weighted by molar-refractivity contribution is -0.143. The third-order valence-electron chi connectivity index (χ3n) is 3.98. The minimum atomic E-state index is -5.04. The highest BCUT2D eigenvalue weighted by Crippen LogP contribution is 2.37. The molecule has 156 valence electrons. The maximum Gasteiger partial charge on any atom is 0.416 e. The quantitative estimate of drug-likeness (QED) is 0.445. The van der Waals surface area contributed by atoms with Gasteiger partial charge >= 0.3 is 12.4 Å².